The lowest BCUT2D eigenvalue weighted by atomic mass is 10.3. The molecule has 6 nitrogen and oxygen atoms in total. The van der Waals surface area contributed by atoms with Gasteiger partial charge >= 0.3 is 5.97 Å². The van der Waals surface area contributed by atoms with E-state index in [0.29, 0.717) is 4.88 Å². The molecule has 1 aromatic heterocycles. The van der Waals surface area contributed by atoms with Crippen molar-refractivity contribution >= 4 is 27.3 Å². The second-order valence-electron chi connectivity index (χ2n) is 3.50. The smallest absolute Gasteiger partial charge is 0.308 e. The van der Waals surface area contributed by atoms with Crippen LogP contribution in [-0.4, -0.2) is 37.2 Å². The summed E-state index contributed by atoms with van der Waals surface area (Å²) in [7, 11) is -3.67. The second-order valence-corrected chi connectivity index (χ2v) is 6.61. The Morgan fingerprint density at radius 3 is 2.71 bits per heavy atom. The Morgan fingerprint density at radius 2 is 2.18 bits per heavy atom. The molecule has 0 bridgehead atoms. The van der Waals surface area contributed by atoms with Crippen LogP contribution in [0.1, 0.15) is 11.8 Å². The van der Waals surface area contributed by atoms with E-state index in [0.717, 1.165) is 11.3 Å². The van der Waals surface area contributed by atoms with Gasteiger partial charge in [0, 0.05) is 10.9 Å². The normalized spacial score (nSPS) is 13.5. The number of aliphatic hydroxyl groups excluding tert-OH is 1. The Morgan fingerprint density at radius 1 is 1.53 bits per heavy atom. The van der Waals surface area contributed by atoms with Gasteiger partial charge in [-0.2, -0.15) is 0 Å². The summed E-state index contributed by atoms with van der Waals surface area (Å²) in [5.41, 5.74) is 0. The molecule has 3 N–H and O–H groups in total. The highest BCUT2D eigenvalue weighted by Crippen LogP contribution is 2.22. The summed E-state index contributed by atoms with van der Waals surface area (Å²) >= 11 is 0.908. The van der Waals surface area contributed by atoms with Gasteiger partial charge in [0.15, 0.2) is 0 Å². The molecule has 1 heterocycles. The van der Waals surface area contributed by atoms with Crippen LogP contribution in [0.2, 0.25) is 0 Å². The molecule has 0 saturated carbocycles. The maximum Gasteiger partial charge on any atom is 0.308 e. The lowest BCUT2D eigenvalue weighted by molar-refractivity contribution is -0.136. The fourth-order valence-corrected chi connectivity index (χ4v) is 3.71. The first-order valence-corrected chi connectivity index (χ1v) is 7.09. The molecule has 0 saturated heterocycles. The molecule has 0 amide bonds. The van der Waals surface area contributed by atoms with Crippen LogP contribution in [0.5, 0.6) is 0 Å². The molecule has 1 rings (SSSR count). The second kappa shape index (κ2) is 5.58. The van der Waals surface area contributed by atoms with Gasteiger partial charge in [-0.25, -0.2) is 13.1 Å². The van der Waals surface area contributed by atoms with Gasteiger partial charge in [0.2, 0.25) is 10.0 Å². The van der Waals surface area contributed by atoms with Gasteiger partial charge in [0.25, 0.3) is 0 Å². The number of hydrogen-bond donors (Lipinski definition) is 3. The summed E-state index contributed by atoms with van der Waals surface area (Å²) in [5, 5.41) is 17.3. The van der Waals surface area contributed by atoms with Gasteiger partial charge in [-0.15, -0.1) is 11.3 Å². The summed E-state index contributed by atoms with van der Waals surface area (Å²) in [6, 6.07) is 2.25. The zero-order chi connectivity index (χ0) is 13.1. The van der Waals surface area contributed by atoms with Gasteiger partial charge in [0.05, 0.1) is 13.0 Å². The van der Waals surface area contributed by atoms with E-state index in [9.17, 15) is 13.2 Å². The average Bonchev–Trinajstić information content (AvgIpc) is 2.65. The zero-order valence-corrected chi connectivity index (χ0v) is 10.7. The third-order valence-electron chi connectivity index (χ3n) is 1.86. The minimum Gasteiger partial charge on any atom is -0.481 e. The van der Waals surface area contributed by atoms with Crippen LogP contribution in [0.25, 0.3) is 0 Å². The van der Waals surface area contributed by atoms with E-state index >= 15 is 0 Å². The number of aliphatic carboxylic acids is 1. The Kier molecular flexibility index (Phi) is 4.63. The van der Waals surface area contributed by atoms with Gasteiger partial charge in [0.1, 0.15) is 4.21 Å². The largest absolute Gasteiger partial charge is 0.481 e. The van der Waals surface area contributed by atoms with E-state index in [1.807, 2.05) is 0 Å². The van der Waals surface area contributed by atoms with Crippen LogP contribution < -0.4 is 4.72 Å². The van der Waals surface area contributed by atoms with Crippen LogP contribution in [0.3, 0.4) is 0 Å². The molecular formula is C9H13NO5S2. The zero-order valence-electron chi connectivity index (χ0n) is 9.08. The number of carbonyl (C=O) groups is 1. The van der Waals surface area contributed by atoms with Crippen LogP contribution in [0.15, 0.2) is 16.3 Å². The number of hydrogen-bond acceptors (Lipinski definition) is 5. The van der Waals surface area contributed by atoms with Crippen LogP contribution >= 0.6 is 11.3 Å². The minimum atomic E-state index is -3.67. The number of aliphatic hydroxyl groups is 1. The molecule has 1 aromatic rings. The van der Waals surface area contributed by atoms with E-state index in [1.54, 1.807) is 0 Å². The van der Waals surface area contributed by atoms with Crippen molar-refractivity contribution < 1.29 is 23.4 Å². The Bertz CT molecular complexity index is 493. The molecule has 0 radical (unpaired) electrons. The Balaban J connectivity index is 2.85. The molecule has 17 heavy (non-hydrogen) atoms. The molecular weight excluding hydrogens is 266 g/mol. The van der Waals surface area contributed by atoms with Crippen molar-refractivity contribution in [3.63, 3.8) is 0 Å². The lowest BCUT2D eigenvalue weighted by Gasteiger charge is -2.09. The molecule has 0 aliphatic heterocycles. The third kappa shape index (κ3) is 4.08. The maximum atomic E-state index is 11.7. The molecule has 0 aliphatic carbocycles. The maximum absolute atomic E-state index is 11.7. The first-order valence-electron chi connectivity index (χ1n) is 4.79. The van der Waals surface area contributed by atoms with Crippen molar-refractivity contribution in [2.75, 3.05) is 6.61 Å². The number of nitrogens with one attached hydrogen (secondary N) is 1. The first kappa shape index (κ1) is 14.1. The topological polar surface area (TPSA) is 104 Å². The van der Waals surface area contributed by atoms with E-state index in [1.165, 1.54) is 19.1 Å². The summed E-state index contributed by atoms with van der Waals surface area (Å²) in [6.07, 6.45) is -0.199. The molecule has 0 aliphatic rings. The average molecular weight is 279 g/mol. The van der Waals surface area contributed by atoms with E-state index in [-0.39, 0.29) is 17.2 Å². The van der Waals surface area contributed by atoms with Crippen molar-refractivity contribution in [3.8, 4) is 0 Å². The van der Waals surface area contributed by atoms with Gasteiger partial charge < -0.3 is 10.2 Å². The molecule has 96 valence electrons. The van der Waals surface area contributed by atoms with Crippen molar-refractivity contribution in [2.24, 2.45) is 0 Å². The van der Waals surface area contributed by atoms with Crippen molar-refractivity contribution in [3.05, 3.63) is 17.0 Å². The van der Waals surface area contributed by atoms with Crippen LogP contribution in [-0.2, 0) is 21.2 Å². The Labute approximate surface area is 103 Å². The number of carboxylic acids is 1. The molecule has 0 aromatic carbocycles. The van der Waals surface area contributed by atoms with Crippen molar-refractivity contribution in [2.45, 2.75) is 23.6 Å². The van der Waals surface area contributed by atoms with Gasteiger partial charge in [-0.05, 0) is 19.1 Å². The predicted octanol–water partition coefficient (Wildman–Crippen LogP) is 0.0343. The van der Waals surface area contributed by atoms with Crippen molar-refractivity contribution in [1.29, 1.82) is 0 Å². The molecule has 0 spiro atoms. The van der Waals surface area contributed by atoms with Crippen LogP contribution in [0, 0.1) is 0 Å². The highest BCUT2D eigenvalue weighted by molar-refractivity contribution is 7.91. The van der Waals surface area contributed by atoms with Crippen molar-refractivity contribution in [1.82, 2.24) is 4.72 Å². The fraction of sp³-hybridized carbons (Fsp3) is 0.444. The lowest BCUT2D eigenvalue weighted by Crippen LogP contribution is -2.34. The summed E-state index contributed by atoms with van der Waals surface area (Å²) in [5.74, 6) is -1.01. The SMILES string of the molecule is C[C@@H](CO)NS(=O)(=O)c1ccc(CC(=O)O)s1. The molecule has 8 heteroatoms. The summed E-state index contributed by atoms with van der Waals surface area (Å²) in [6.45, 7) is 1.23. The highest BCUT2D eigenvalue weighted by atomic mass is 32.2. The molecule has 1 atom stereocenters. The quantitative estimate of drug-likeness (QED) is 0.682. The van der Waals surface area contributed by atoms with E-state index < -0.39 is 22.0 Å². The standard InChI is InChI=1S/C9H13NO5S2/c1-6(5-11)10-17(14,15)9-3-2-7(16-9)4-8(12)13/h2-3,6,10-11H,4-5H2,1H3,(H,12,13)/t6-/m0/s1. The number of thiophene rings is 1. The van der Waals surface area contributed by atoms with Gasteiger partial charge in [-0.1, -0.05) is 0 Å². The minimum absolute atomic E-state index is 0.0500. The number of carboxylic acid groups (broad SMARTS) is 1. The van der Waals surface area contributed by atoms with Crippen LogP contribution in [0.4, 0.5) is 0 Å². The number of sulfonamides is 1. The third-order valence-corrected chi connectivity index (χ3v) is 5.02. The predicted molar refractivity (Wildman–Crippen MR) is 62.5 cm³/mol. The van der Waals surface area contributed by atoms with Gasteiger partial charge in [-0.3, -0.25) is 4.79 Å². The fourth-order valence-electron chi connectivity index (χ4n) is 1.11. The summed E-state index contributed by atoms with van der Waals surface area (Å²) in [4.78, 5) is 10.9. The highest BCUT2D eigenvalue weighted by Gasteiger charge is 2.19. The molecule has 0 fully saturated rings. The first-order chi connectivity index (χ1) is 7.85. The van der Waals surface area contributed by atoms with E-state index in [4.69, 9.17) is 10.2 Å². The number of rotatable bonds is 6. The summed E-state index contributed by atoms with van der Waals surface area (Å²) < 4.78 is 25.8. The Hall–Kier alpha value is -0.960. The molecule has 0 unspecified atom stereocenters. The van der Waals surface area contributed by atoms with E-state index in [2.05, 4.69) is 4.72 Å². The monoisotopic (exact) mass is 279 g/mol.